The van der Waals surface area contributed by atoms with Gasteiger partial charge in [0.2, 0.25) is 0 Å². The van der Waals surface area contributed by atoms with Crippen molar-refractivity contribution < 1.29 is 50.9 Å². The Labute approximate surface area is 321 Å². The van der Waals surface area contributed by atoms with E-state index in [1.165, 1.54) is 11.1 Å². The minimum absolute atomic E-state index is 0.0866. The predicted molar refractivity (Wildman–Crippen MR) is 191 cm³/mol. The molecule has 2 aromatic heterocycles. The van der Waals surface area contributed by atoms with Crippen LogP contribution in [-0.4, -0.2) is 129 Å². The van der Waals surface area contributed by atoms with Gasteiger partial charge in [0.15, 0.2) is 11.0 Å². The molecule has 14 nitrogen and oxygen atoms in total. The van der Waals surface area contributed by atoms with E-state index in [1.54, 1.807) is 46.4 Å². The molecule has 4 atom stereocenters. The Hall–Kier alpha value is -3.77. The lowest BCUT2D eigenvalue weighted by Gasteiger charge is -2.49. The number of ether oxygens (including phenoxy) is 4. The summed E-state index contributed by atoms with van der Waals surface area (Å²) in [6.07, 6.45) is -1.62. The number of amides is 2. The average molecular weight is 802 g/mol. The first-order valence-corrected chi connectivity index (χ1v) is 18.8. The largest absolute Gasteiger partial charge is 0.471 e. The average Bonchev–Trinajstić information content (AvgIpc) is 3.68. The van der Waals surface area contributed by atoms with E-state index in [9.17, 15) is 27.6 Å². The van der Waals surface area contributed by atoms with E-state index in [4.69, 9.17) is 35.5 Å². The fourth-order valence-electron chi connectivity index (χ4n) is 8.25. The van der Waals surface area contributed by atoms with E-state index in [0.717, 1.165) is 19.4 Å². The van der Waals surface area contributed by atoms with Crippen LogP contribution in [0.15, 0.2) is 6.20 Å². The van der Waals surface area contributed by atoms with Crippen LogP contribution in [0.25, 0.3) is 10.9 Å². The highest BCUT2D eigenvalue weighted by Crippen LogP contribution is 2.44. The molecule has 19 heteroatoms. The van der Waals surface area contributed by atoms with Crippen LogP contribution in [0.5, 0.6) is 6.01 Å². The van der Waals surface area contributed by atoms with Gasteiger partial charge in [0.1, 0.15) is 29.1 Å². The van der Waals surface area contributed by atoms with Gasteiger partial charge in [-0.15, -0.1) is 0 Å². The van der Waals surface area contributed by atoms with Gasteiger partial charge >= 0.3 is 30.2 Å². The van der Waals surface area contributed by atoms with E-state index >= 15 is 4.39 Å². The Bertz CT molecular complexity index is 1810. The number of alkyl halides is 3. The number of pyridine rings is 1. The highest BCUT2D eigenvalue weighted by molar-refractivity contribution is 6.30. The second kappa shape index (κ2) is 15.0. The molecular weight excluding hydrogens is 754 g/mol. The number of nitrogens with zero attached hydrogens (tertiary/aromatic N) is 6. The molecule has 2 amide bonds. The van der Waals surface area contributed by atoms with Gasteiger partial charge in [-0.25, -0.2) is 14.2 Å². The molecule has 4 aliphatic heterocycles. The molecule has 6 rings (SSSR count). The van der Waals surface area contributed by atoms with Crippen LogP contribution in [0.2, 0.25) is 5.15 Å². The fourth-order valence-corrected chi connectivity index (χ4v) is 8.39. The summed E-state index contributed by atoms with van der Waals surface area (Å²) in [7, 11) is 0. The summed E-state index contributed by atoms with van der Waals surface area (Å²) >= 11 is 6.09. The lowest BCUT2D eigenvalue weighted by atomic mass is 9.94. The van der Waals surface area contributed by atoms with Crippen LogP contribution in [0.1, 0.15) is 80.1 Å². The Morgan fingerprint density at radius 2 is 1.75 bits per heavy atom. The highest BCUT2D eigenvalue weighted by atomic mass is 35.5. The summed E-state index contributed by atoms with van der Waals surface area (Å²) in [4.78, 5) is 56.3. The van der Waals surface area contributed by atoms with Crippen LogP contribution in [-0.2, 0) is 23.8 Å². The van der Waals surface area contributed by atoms with Crippen molar-refractivity contribution >= 4 is 46.3 Å². The number of aromatic nitrogens is 3. The lowest BCUT2D eigenvalue weighted by Crippen LogP contribution is -2.68. The zero-order valence-corrected chi connectivity index (χ0v) is 32.6. The van der Waals surface area contributed by atoms with Crippen LogP contribution in [0.4, 0.5) is 28.2 Å². The third kappa shape index (κ3) is 8.95. The summed E-state index contributed by atoms with van der Waals surface area (Å²) in [5.74, 6) is -3.21. The molecule has 2 unspecified atom stereocenters. The maximum atomic E-state index is 15.6. The number of rotatable bonds is 10. The van der Waals surface area contributed by atoms with Crippen molar-refractivity contribution in [3.63, 3.8) is 0 Å². The predicted octanol–water partition coefficient (Wildman–Crippen LogP) is 5.19. The molecule has 4 saturated heterocycles. The molecule has 0 radical (unpaired) electrons. The number of nitrogens with one attached hydrogen (secondary N) is 1. The van der Waals surface area contributed by atoms with Crippen LogP contribution in [0, 0.1) is 5.82 Å². The summed E-state index contributed by atoms with van der Waals surface area (Å²) in [5, 5.41) is 1.72. The lowest BCUT2D eigenvalue weighted by molar-refractivity contribution is -0.174. The fraction of sp³-hybridized carbons (Fsp3) is 0.722. The SMILES string of the molecule is CC(C)(C)OC(=O)CCO[C@H]1CN2CCC[C@]2(COc2nc(N3CC4CCC(CNC(=O)C(F)(F)F)(C3)N4C(=O)OC(C)(C)C)c3cnc(Cl)c(F)c3n2)C1. The Balaban J connectivity index is 1.25. The number of carbonyl (C=O) groups excluding carboxylic acids is 3. The van der Waals surface area contributed by atoms with E-state index in [1.807, 2.05) is 5.32 Å². The van der Waals surface area contributed by atoms with E-state index < -0.39 is 64.0 Å². The number of piperazine rings is 1. The van der Waals surface area contributed by atoms with Gasteiger partial charge in [0.05, 0.1) is 41.6 Å². The maximum Gasteiger partial charge on any atom is 0.471 e. The number of hydrogen-bond donors (Lipinski definition) is 1. The molecule has 304 valence electrons. The van der Waals surface area contributed by atoms with Crippen molar-refractivity contribution in [1.82, 2.24) is 30.1 Å². The zero-order valence-electron chi connectivity index (χ0n) is 31.9. The Morgan fingerprint density at radius 1 is 1.02 bits per heavy atom. The quantitative estimate of drug-likeness (QED) is 0.192. The van der Waals surface area contributed by atoms with Crippen molar-refractivity contribution in [3.05, 3.63) is 17.2 Å². The number of carbonyl (C=O) groups is 3. The van der Waals surface area contributed by atoms with Crippen LogP contribution < -0.4 is 15.0 Å². The molecule has 2 bridgehead atoms. The minimum atomic E-state index is -5.14. The van der Waals surface area contributed by atoms with E-state index in [2.05, 4.69) is 14.9 Å². The molecule has 2 aromatic rings. The van der Waals surface area contributed by atoms with Gasteiger partial charge in [0, 0.05) is 32.4 Å². The summed E-state index contributed by atoms with van der Waals surface area (Å²) < 4.78 is 79.1. The topological polar surface area (TPSA) is 149 Å². The highest BCUT2D eigenvalue weighted by Gasteiger charge is 2.56. The third-order valence-electron chi connectivity index (χ3n) is 10.4. The molecule has 0 aliphatic carbocycles. The van der Waals surface area contributed by atoms with Gasteiger partial charge in [0.25, 0.3) is 0 Å². The van der Waals surface area contributed by atoms with Crippen molar-refractivity contribution in [1.29, 1.82) is 0 Å². The maximum absolute atomic E-state index is 15.6. The first kappa shape index (κ1) is 40.9. The third-order valence-corrected chi connectivity index (χ3v) is 10.6. The molecule has 4 aliphatic rings. The van der Waals surface area contributed by atoms with Gasteiger partial charge in [-0.05, 0) is 80.2 Å². The number of esters is 1. The standard InChI is InChI=1S/C36H48ClF4N7O7/c1-32(2,3)54-24(49)9-13-52-22-14-34(10-7-12-47(34)17-22)20-53-30-44-26-23(15-42-27(37)25(26)38)28(45-30)46-16-21-8-11-35(19-46,18-43-29(50)36(39,40)41)48(21)31(51)55-33(4,5)6/h15,21-22H,7-14,16-20H2,1-6H3,(H,43,50)/t21?,22-,34-,35?/m1/s1. The van der Waals surface area contributed by atoms with E-state index in [0.29, 0.717) is 19.4 Å². The number of anilines is 1. The molecule has 4 fully saturated rings. The second-order valence-electron chi connectivity index (χ2n) is 16.9. The Kier molecular flexibility index (Phi) is 11.1. The summed E-state index contributed by atoms with van der Waals surface area (Å²) in [6.45, 7) is 11.8. The number of hydrogen-bond acceptors (Lipinski definition) is 12. The van der Waals surface area contributed by atoms with Gasteiger partial charge in [-0.3, -0.25) is 19.4 Å². The number of halogens is 5. The monoisotopic (exact) mass is 801 g/mol. The van der Waals surface area contributed by atoms with Gasteiger partial charge in [-0.2, -0.15) is 23.1 Å². The molecule has 55 heavy (non-hydrogen) atoms. The number of fused-ring (bicyclic) bond motifs is 4. The molecule has 0 saturated carbocycles. The minimum Gasteiger partial charge on any atom is -0.461 e. The summed E-state index contributed by atoms with van der Waals surface area (Å²) in [6, 6.07) is -0.705. The molecular formula is C36H48ClF4N7O7. The van der Waals surface area contributed by atoms with Crippen LogP contribution >= 0.6 is 11.6 Å². The van der Waals surface area contributed by atoms with Gasteiger partial charge < -0.3 is 29.2 Å². The molecule has 0 aromatic carbocycles. The first-order valence-electron chi connectivity index (χ1n) is 18.4. The second-order valence-corrected chi connectivity index (χ2v) is 17.2. The Morgan fingerprint density at radius 3 is 2.44 bits per heavy atom. The van der Waals surface area contributed by atoms with Crippen molar-refractivity contribution in [2.75, 3.05) is 50.8 Å². The van der Waals surface area contributed by atoms with Crippen LogP contribution in [0.3, 0.4) is 0 Å². The smallest absolute Gasteiger partial charge is 0.461 e. The molecule has 6 heterocycles. The van der Waals surface area contributed by atoms with Crippen molar-refractivity contribution in [2.24, 2.45) is 0 Å². The van der Waals surface area contributed by atoms with E-state index in [-0.39, 0.29) is 73.9 Å². The van der Waals surface area contributed by atoms with Gasteiger partial charge in [-0.1, -0.05) is 11.6 Å². The van der Waals surface area contributed by atoms with Crippen molar-refractivity contribution in [3.8, 4) is 6.01 Å². The normalized spacial score (nSPS) is 25.7. The zero-order chi connectivity index (χ0) is 40.1. The first-order chi connectivity index (χ1) is 25.6. The van der Waals surface area contributed by atoms with Crippen molar-refractivity contribution in [2.45, 2.75) is 121 Å². The molecule has 0 spiro atoms. The summed E-state index contributed by atoms with van der Waals surface area (Å²) in [5.41, 5.74) is -3.43. The molecule has 1 N–H and O–H groups in total.